The van der Waals surface area contributed by atoms with Gasteiger partial charge in [-0.25, -0.2) is 12.8 Å². The van der Waals surface area contributed by atoms with Crippen molar-refractivity contribution in [3.05, 3.63) is 120 Å². The molecular weight excluding hydrogens is 658 g/mol. The number of carbonyl (C=O) groups is 2. The number of halogens is 1. The van der Waals surface area contributed by atoms with Crippen LogP contribution >= 0.6 is 0 Å². The summed E-state index contributed by atoms with van der Waals surface area (Å²) in [5.41, 5.74) is 2.60. The molecule has 0 heterocycles. The van der Waals surface area contributed by atoms with Crippen LogP contribution < -0.4 is 19.1 Å². The van der Waals surface area contributed by atoms with Crippen molar-refractivity contribution in [3.8, 4) is 11.5 Å². The summed E-state index contributed by atoms with van der Waals surface area (Å²) >= 11 is 0. The molecular formula is C39H44FN3O6S. The molecule has 1 fully saturated rings. The fraction of sp³-hybridized carbons (Fsp3) is 0.333. The van der Waals surface area contributed by atoms with E-state index in [0.717, 1.165) is 47.5 Å². The van der Waals surface area contributed by atoms with Gasteiger partial charge >= 0.3 is 0 Å². The maximum absolute atomic E-state index is 14.7. The lowest BCUT2D eigenvalue weighted by Crippen LogP contribution is -2.55. The minimum absolute atomic E-state index is 0.0215. The topological polar surface area (TPSA) is 105 Å². The molecule has 0 aliphatic heterocycles. The number of sulfonamides is 1. The third-order valence-electron chi connectivity index (χ3n) is 9.03. The summed E-state index contributed by atoms with van der Waals surface area (Å²) in [4.78, 5) is 30.3. The van der Waals surface area contributed by atoms with Crippen LogP contribution in [0, 0.1) is 12.7 Å². The second-order valence-corrected chi connectivity index (χ2v) is 14.4. The molecule has 4 aromatic rings. The fourth-order valence-corrected chi connectivity index (χ4v) is 7.66. The largest absolute Gasteiger partial charge is 0.493 e. The number of rotatable bonds is 14. The number of hydrogen-bond acceptors (Lipinski definition) is 6. The molecule has 11 heteroatoms. The highest BCUT2D eigenvalue weighted by Gasteiger charge is 2.35. The summed E-state index contributed by atoms with van der Waals surface area (Å²) in [6.07, 6.45) is 5.01. The lowest BCUT2D eigenvalue weighted by molar-refractivity contribution is -0.140. The van der Waals surface area contributed by atoms with Gasteiger partial charge in [-0.15, -0.1) is 0 Å². The molecule has 2 amide bonds. The quantitative estimate of drug-likeness (QED) is 0.162. The first-order chi connectivity index (χ1) is 24.1. The fourth-order valence-electron chi connectivity index (χ4n) is 6.23. The molecule has 1 aliphatic rings. The molecule has 1 N–H and O–H groups in total. The Morgan fingerprint density at radius 1 is 0.840 bits per heavy atom. The van der Waals surface area contributed by atoms with Crippen LogP contribution in [0.3, 0.4) is 0 Å². The predicted octanol–water partition coefficient (Wildman–Crippen LogP) is 6.44. The number of nitrogens with zero attached hydrogens (tertiary/aromatic N) is 2. The molecule has 1 atom stereocenters. The molecule has 5 rings (SSSR count). The molecule has 0 radical (unpaired) electrons. The van der Waals surface area contributed by atoms with Gasteiger partial charge in [0.2, 0.25) is 11.8 Å². The van der Waals surface area contributed by atoms with Gasteiger partial charge in [-0.3, -0.25) is 13.9 Å². The SMILES string of the molecule is COc1ccc(S(=O)(=O)N(CC(=O)N(Cc2ccc(F)cc2)[C@@H](Cc2ccccc2)C(=O)NC2CCCCC2)c2ccc(C)cc2)cc1OC. The number of hydrogen-bond donors (Lipinski definition) is 1. The Hall–Kier alpha value is -4.90. The summed E-state index contributed by atoms with van der Waals surface area (Å²) in [6.45, 7) is 1.22. The van der Waals surface area contributed by atoms with E-state index < -0.39 is 34.3 Å². The minimum Gasteiger partial charge on any atom is -0.493 e. The number of carbonyl (C=O) groups excluding carboxylic acids is 2. The zero-order valence-electron chi connectivity index (χ0n) is 28.7. The summed E-state index contributed by atoms with van der Waals surface area (Å²) in [6, 6.07) is 25.2. The predicted molar refractivity (Wildman–Crippen MR) is 191 cm³/mol. The van der Waals surface area contributed by atoms with Crippen molar-refractivity contribution in [1.29, 1.82) is 0 Å². The van der Waals surface area contributed by atoms with E-state index in [1.54, 1.807) is 36.4 Å². The normalized spacial score (nSPS) is 14.0. The highest BCUT2D eigenvalue weighted by atomic mass is 32.2. The van der Waals surface area contributed by atoms with Crippen LogP contribution in [0.2, 0.25) is 0 Å². The second kappa shape index (κ2) is 16.7. The van der Waals surface area contributed by atoms with Gasteiger partial charge in [0.1, 0.15) is 18.4 Å². The van der Waals surface area contributed by atoms with Crippen LogP contribution in [0.1, 0.15) is 48.8 Å². The first-order valence-corrected chi connectivity index (χ1v) is 18.2. The van der Waals surface area contributed by atoms with Gasteiger partial charge in [-0.05, 0) is 67.3 Å². The first kappa shape index (κ1) is 36.4. The van der Waals surface area contributed by atoms with Crippen LogP contribution in [0.15, 0.2) is 102 Å². The lowest BCUT2D eigenvalue weighted by Gasteiger charge is -2.35. The van der Waals surface area contributed by atoms with Crippen molar-refractivity contribution in [3.63, 3.8) is 0 Å². The van der Waals surface area contributed by atoms with E-state index in [9.17, 15) is 22.4 Å². The highest BCUT2D eigenvalue weighted by molar-refractivity contribution is 7.92. The Morgan fingerprint density at radius 3 is 2.14 bits per heavy atom. The number of anilines is 1. The summed E-state index contributed by atoms with van der Waals surface area (Å²) < 4.78 is 54.6. The van der Waals surface area contributed by atoms with E-state index in [2.05, 4.69) is 5.32 Å². The zero-order chi connectivity index (χ0) is 35.7. The standard InChI is InChI=1S/C39H44FN3O6S/c1-28-14-20-33(21-15-28)43(50(46,47)34-22-23-36(48-2)37(25-34)49-3)27-38(44)42(26-30-16-18-31(40)19-17-30)35(24-29-10-6-4-7-11-29)39(45)41-32-12-8-5-9-13-32/h4,6-7,10-11,14-23,25,32,35H,5,8-9,12-13,24,26-27H2,1-3H3,(H,41,45)/t35-/m0/s1. The van der Waals surface area contributed by atoms with Crippen molar-refractivity contribution < 1.29 is 31.9 Å². The van der Waals surface area contributed by atoms with Gasteiger partial charge in [-0.2, -0.15) is 0 Å². The molecule has 4 aromatic carbocycles. The van der Waals surface area contributed by atoms with E-state index in [1.807, 2.05) is 37.3 Å². The number of amides is 2. The van der Waals surface area contributed by atoms with Gasteiger partial charge in [0, 0.05) is 25.1 Å². The van der Waals surface area contributed by atoms with Crippen LogP contribution in [0.5, 0.6) is 11.5 Å². The smallest absolute Gasteiger partial charge is 0.264 e. The minimum atomic E-state index is -4.36. The summed E-state index contributed by atoms with van der Waals surface area (Å²) in [7, 11) is -1.49. The molecule has 264 valence electrons. The average Bonchev–Trinajstić information content (AvgIpc) is 3.13. The van der Waals surface area contributed by atoms with Crippen molar-refractivity contribution in [2.75, 3.05) is 25.1 Å². The molecule has 50 heavy (non-hydrogen) atoms. The van der Waals surface area contributed by atoms with Crippen LogP contribution in [-0.2, 0) is 32.6 Å². The molecule has 0 bridgehead atoms. The van der Waals surface area contributed by atoms with Crippen LogP contribution in [0.25, 0.3) is 0 Å². The van der Waals surface area contributed by atoms with E-state index in [4.69, 9.17) is 9.47 Å². The van der Waals surface area contributed by atoms with Gasteiger partial charge in [0.05, 0.1) is 24.8 Å². The maximum atomic E-state index is 14.7. The first-order valence-electron chi connectivity index (χ1n) is 16.8. The zero-order valence-corrected chi connectivity index (χ0v) is 29.5. The van der Waals surface area contributed by atoms with E-state index >= 15 is 0 Å². The third kappa shape index (κ3) is 9.01. The molecule has 1 aliphatic carbocycles. The Morgan fingerprint density at radius 2 is 1.50 bits per heavy atom. The average molecular weight is 702 g/mol. The maximum Gasteiger partial charge on any atom is 0.264 e. The molecule has 0 saturated heterocycles. The third-order valence-corrected chi connectivity index (χ3v) is 10.8. The number of benzene rings is 4. The Kier molecular flexibility index (Phi) is 12.1. The van der Waals surface area contributed by atoms with E-state index in [1.165, 1.54) is 49.5 Å². The van der Waals surface area contributed by atoms with Gasteiger partial charge < -0.3 is 19.7 Å². The van der Waals surface area contributed by atoms with Crippen molar-refractivity contribution >= 4 is 27.5 Å². The van der Waals surface area contributed by atoms with Crippen molar-refractivity contribution in [2.45, 2.75) is 69.0 Å². The lowest BCUT2D eigenvalue weighted by atomic mass is 9.94. The molecule has 0 unspecified atom stereocenters. The second-order valence-electron chi connectivity index (χ2n) is 12.6. The van der Waals surface area contributed by atoms with Crippen LogP contribution in [-0.4, -0.2) is 58.0 Å². The van der Waals surface area contributed by atoms with E-state index in [-0.39, 0.29) is 41.2 Å². The number of nitrogens with one attached hydrogen (secondary N) is 1. The van der Waals surface area contributed by atoms with Crippen molar-refractivity contribution in [1.82, 2.24) is 10.2 Å². The Bertz CT molecular complexity index is 1850. The van der Waals surface area contributed by atoms with Gasteiger partial charge in [0.15, 0.2) is 11.5 Å². The Balaban J connectivity index is 1.57. The van der Waals surface area contributed by atoms with E-state index in [0.29, 0.717) is 11.3 Å². The number of methoxy groups -OCH3 is 2. The molecule has 0 spiro atoms. The molecule has 9 nitrogen and oxygen atoms in total. The molecule has 0 aromatic heterocycles. The number of ether oxygens (including phenoxy) is 2. The Labute approximate surface area is 294 Å². The van der Waals surface area contributed by atoms with Gasteiger partial charge in [0.25, 0.3) is 10.0 Å². The molecule has 1 saturated carbocycles. The highest BCUT2D eigenvalue weighted by Crippen LogP contribution is 2.33. The van der Waals surface area contributed by atoms with Crippen molar-refractivity contribution in [2.24, 2.45) is 0 Å². The summed E-state index contributed by atoms with van der Waals surface area (Å²) in [5, 5.41) is 3.19. The number of aryl methyl sites for hydroxylation is 1. The van der Waals surface area contributed by atoms with Crippen LogP contribution in [0.4, 0.5) is 10.1 Å². The summed E-state index contributed by atoms with van der Waals surface area (Å²) in [5.74, 6) is -0.791. The monoisotopic (exact) mass is 701 g/mol. The van der Waals surface area contributed by atoms with Gasteiger partial charge in [-0.1, -0.05) is 79.4 Å².